The van der Waals surface area contributed by atoms with Crippen molar-refractivity contribution in [3.8, 4) is 28.3 Å². The lowest BCUT2D eigenvalue weighted by Gasteiger charge is -2.15. The fourth-order valence-electron chi connectivity index (χ4n) is 3.10. The van der Waals surface area contributed by atoms with E-state index in [2.05, 4.69) is 9.97 Å². The second-order valence-corrected chi connectivity index (χ2v) is 6.03. The number of aromatic nitrogens is 3. The Morgan fingerprint density at radius 3 is 2.39 bits per heavy atom. The van der Waals surface area contributed by atoms with Crippen molar-refractivity contribution in [1.82, 2.24) is 15.0 Å². The van der Waals surface area contributed by atoms with E-state index < -0.39 is 5.97 Å². The molecule has 0 radical (unpaired) electrons. The van der Waals surface area contributed by atoms with Crippen LogP contribution >= 0.6 is 0 Å². The standard InChI is InChI=1S/C22H17N3O3/c1-27-21-15(16-10-6-7-11-23-16)12-17-20(19(21)22(26)28-2)24-13-18(25-17)14-8-4-3-5-9-14/h3-13H,1-2H3. The van der Waals surface area contributed by atoms with Gasteiger partial charge < -0.3 is 9.47 Å². The highest BCUT2D eigenvalue weighted by Crippen LogP contribution is 2.37. The lowest BCUT2D eigenvalue weighted by atomic mass is 10.0. The Morgan fingerprint density at radius 1 is 0.929 bits per heavy atom. The lowest BCUT2D eigenvalue weighted by Crippen LogP contribution is -2.08. The minimum atomic E-state index is -0.540. The summed E-state index contributed by atoms with van der Waals surface area (Å²) in [6, 6.07) is 17.1. The van der Waals surface area contributed by atoms with Crippen molar-refractivity contribution in [1.29, 1.82) is 0 Å². The Balaban J connectivity index is 2.04. The van der Waals surface area contributed by atoms with E-state index in [9.17, 15) is 4.79 Å². The molecule has 0 bridgehead atoms. The van der Waals surface area contributed by atoms with Gasteiger partial charge in [-0.05, 0) is 18.2 Å². The highest BCUT2D eigenvalue weighted by Gasteiger charge is 2.24. The number of hydrogen-bond acceptors (Lipinski definition) is 6. The van der Waals surface area contributed by atoms with E-state index in [0.717, 1.165) is 5.56 Å². The molecule has 0 atom stereocenters. The summed E-state index contributed by atoms with van der Waals surface area (Å²) in [5.41, 5.74) is 4.17. The molecule has 2 aromatic heterocycles. The molecule has 0 unspecified atom stereocenters. The van der Waals surface area contributed by atoms with Gasteiger partial charge in [-0.1, -0.05) is 36.4 Å². The van der Waals surface area contributed by atoms with Crippen molar-refractivity contribution in [2.24, 2.45) is 0 Å². The molecule has 0 N–H and O–H groups in total. The Labute approximate surface area is 161 Å². The van der Waals surface area contributed by atoms with E-state index in [-0.39, 0.29) is 5.56 Å². The molecule has 0 fully saturated rings. The van der Waals surface area contributed by atoms with Crippen LogP contribution in [0.5, 0.6) is 5.75 Å². The van der Waals surface area contributed by atoms with E-state index in [1.807, 2.05) is 54.6 Å². The SMILES string of the molecule is COC(=O)c1c(OC)c(-c2ccccn2)cc2nc(-c3ccccc3)cnc12. The predicted octanol–water partition coefficient (Wildman–Crippen LogP) is 4.15. The smallest absolute Gasteiger partial charge is 0.343 e. The van der Waals surface area contributed by atoms with Crippen molar-refractivity contribution < 1.29 is 14.3 Å². The first-order valence-electron chi connectivity index (χ1n) is 8.66. The fraction of sp³-hybridized carbons (Fsp3) is 0.0909. The van der Waals surface area contributed by atoms with Gasteiger partial charge in [-0.2, -0.15) is 0 Å². The molecule has 0 aliphatic rings. The minimum absolute atomic E-state index is 0.232. The molecule has 0 spiro atoms. The summed E-state index contributed by atoms with van der Waals surface area (Å²) in [5, 5.41) is 0. The zero-order valence-electron chi connectivity index (χ0n) is 15.4. The maximum absolute atomic E-state index is 12.6. The number of pyridine rings is 1. The van der Waals surface area contributed by atoms with Gasteiger partial charge in [0.15, 0.2) is 0 Å². The summed E-state index contributed by atoms with van der Waals surface area (Å²) >= 11 is 0. The van der Waals surface area contributed by atoms with Crippen LogP contribution in [0.2, 0.25) is 0 Å². The van der Waals surface area contributed by atoms with E-state index in [1.54, 1.807) is 12.4 Å². The van der Waals surface area contributed by atoms with Crippen molar-refractivity contribution >= 4 is 17.0 Å². The van der Waals surface area contributed by atoms with Crippen LogP contribution in [0.3, 0.4) is 0 Å². The molecule has 0 saturated heterocycles. The third kappa shape index (κ3) is 3.05. The molecular weight excluding hydrogens is 354 g/mol. The third-order valence-corrected chi connectivity index (χ3v) is 4.39. The van der Waals surface area contributed by atoms with Crippen LogP contribution in [0, 0.1) is 0 Å². The largest absolute Gasteiger partial charge is 0.495 e. The number of methoxy groups -OCH3 is 2. The summed E-state index contributed by atoms with van der Waals surface area (Å²) in [4.78, 5) is 26.2. The van der Waals surface area contributed by atoms with Gasteiger partial charge >= 0.3 is 5.97 Å². The van der Waals surface area contributed by atoms with Crippen molar-refractivity contribution in [2.75, 3.05) is 14.2 Å². The molecule has 2 aromatic carbocycles. The van der Waals surface area contributed by atoms with Crippen molar-refractivity contribution in [3.63, 3.8) is 0 Å². The molecule has 6 nitrogen and oxygen atoms in total. The van der Waals surface area contributed by atoms with Gasteiger partial charge in [-0.15, -0.1) is 0 Å². The average Bonchev–Trinajstić information content (AvgIpc) is 2.78. The molecule has 28 heavy (non-hydrogen) atoms. The van der Waals surface area contributed by atoms with Gasteiger partial charge in [0.05, 0.1) is 37.3 Å². The summed E-state index contributed by atoms with van der Waals surface area (Å²) in [6.45, 7) is 0. The molecule has 4 rings (SSSR count). The van der Waals surface area contributed by atoms with Crippen molar-refractivity contribution in [2.45, 2.75) is 0 Å². The third-order valence-electron chi connectivity index (χ3n) is 4.39. The highest BCUT2D eigenvalue weighted by atomic mass is 16.5. The Bertz CT molecular complexity index is 1150. The van der Waals surface area contributed by atoms with Crippen LogP contribution in [0.1, 0.15) is 10.4 Å². The molecule has 0 aliphatic carbocycles. The zero-order valence-corrected chi connectivity index (χ0v) is 15.4. The van der Waals surface area contributed by atoms with Crippen molar-refractivity contribution in [3.05, 3.63) is 72.6 Å². The molecule has 0 amide bonds. The van der Waals surface area contributed by atoms with Crippen LogP contribution < -0.4 is 4.74 Å². The quantitative estimate of drug-likeness (QED) is 0.502. The Morgan fingerprint density at radius 2 is 1.71 bits per heavy atom. The monoisotopic (exact) mass is 371 g/mol. The molecular formula is C22H17N3O3. The molecule has 0 saturated carbocycles. The summed E-state index contributed by atoms with van der Waals surface area (Å²) in [5.74, 6) is -0.179. The summed E-state index contributed by atoms with van der Waals surface area (Å²) in [7, 11) is 2.83. The normalized spacial score (nSPS) is 10.6. The molecule has 138 valence electrons. The molecule has 6 heteroatoms. The Hall–Kier alpha value is -3.80. The van der Waals surface area contributed by atoms with E-state index in [4.69, 9.17) is 14.5 Å². The van der Waals surface area contributed by atoms with E-state index >= 15 is 0 Å². The second kappa shape index (κ2) is 7.44. The van der Waals surface area contributed by atoms with Crippen LogP contribution in [0.25, 0.3) is 33.5 Å². The second-order valence-electron chi connectivity index (χ2n) is 6.03. The Kier molecular flexibility index (Phi) is 4.68. The number of benzene rings is 2. The van der Waals surface area contributed by atoms with E-state index in [1.165, 1.54) is 14.2 Å². The first-order valence-corrected chi connectivity index (χ1v) is 8.66. The maximum Gasteiger partial charge on any atom is 0.343 e. The van der Waals surface area contributed by atoms with Gasteiger partial charge in [0.2, 0.25) is 0 Å². The number of fused-ring (bicyclic) bond motifs is 1. The van der Waals surface area contributed by atoms with Gasteiger partial charge in [0, 0.05) is 17.3 Å². The number of hydrogen-bond donors (Lipinski definition) is 0. The maximum atomic E-state index is 12.6. The zero-order chi connectivity index (χ0) is 19.5. The first-order chi connectivity index (χ1) is 13.7. The van der Waals surface area contributed by atoms with Crippen LogP contribution in [0.15, 0.2) is 67.0 Å². The molecule has 4 aromatic rings. The number of rotatable bonds is 4. The molecule has 2 heterocycles. The predicted molar refractivity (Wildman–Crippen MR) is 106 cm³/mol. The van der Waals surface area contributed by atoms with Gasteiger partial charge in [0.1, 0.15) is 16.8 Å². The fourth-order valence-corrected chi connectivity index (χ4v) is 3.10. The van der Waals surface area contributed by atoms with Gasteiger partial charge in [-0.3, -0.25) is 9.97 Å². The topological polar surface area (TPSA) is 74.2 Å². The number of carbonyl (C=O) groups excluding carboxylic acids is 1. The minimum Gasteiger partial charge on any atom is -0.495 e. The number of ether oxygens (including phenoxy) is 2. The van der Waals surface area contributed by atoms with Crippen LogP contribution in [-0.2, 0) is 4.74 Å². The number of nitrogens with zero attached hydrogens (tertiary/aromatic N) is 3. The van der Waals surface area contributed by atoms with Gasteiger partial charge in [0.25, 0.3) is 0 Å². The highest BCUT2D eigenvalue weighted by molar-refractivity contribution is 6.07. The summed E-state index contributed by atoms with van der Waals surface area (Å²) in [6.07, 6.45) is 3.33. The van der Waals surface area contributed by atoms with E-state index in [0.29, 0.717) is 33.7 Å². The summed E-state index contributed by atoms with van der Waals surface area (Å²) < 4.78 is 10.6. The van der Waals surface area contributed by atoms with Crippen LogP contribution in [-0.4, -0.2) is 35.1 Å². The molecule has 0 aliphatic heterocycles. The lowest BCUT2D eigenvalue weighted by molar-refractivity contribution is 0.0599. The number of esters is 1. The first kappa shape index (κ1) is 17.6. The average molecular weight is 371 g/mol. The number of carbonyl (C=O) groups is 1. The van der Waals surface area contributed by atoms with Crippen LogP contribution in [0.4, 0.5) is 0 Å². The van der Waals surface area contributed by atoms with Gasteiger partial charge in [-0.25, -0.2) is 9.78 Å².